The van der Waals surface area contributed by atoms with Gasteiger partial charge in [0.15, 0.2) is 5.75 Å². The van der Waals surface area contributed by atoms with Crippen molar-refractivity contribution in [2.75, 3.05) is 31.1 Å². The van der Waals surface area contributed by atoms with E-state index in [1.54, 1.807) is 17.0 Å². The molecule has 1 fully saturated rings. The number of carbonyl (C=O) groups excluding carboxylic acids is 1. The first-order valence-corrected chi connectivity index (χ1v) is 8.92. The number of hydrogen-bond donors (Lipinski definition) is 1. The number of nitrogens with one attached hydrogen (secondary N) is 1. The molecule has 2 amide bonds. The number of urea groups is 1. The molecule has 1 saturated heterocycles. The zero-order valence-electron chi connectivity index (χ0n) is 13.9. The molecule has 0 aliphatic carbocycles. The predicted octanol–water partition coefficient (Wildman–Crippen LogP) is 3.87. The summed E-state index contributed by atoms with van der Waals surface area (Å²) >= 11 is 6.21. The van der Waals surface area contributed by atoms with Crippen LogP contribution >= 0.6 is 11.6 Å². The first-order chi connectivity index (χ1) is 12.2. The van der Waals surface area contributed by atoms with Gasteiger partial charge in [0.05, 0.1) is 12.2 Å². The summed E-state index contributed by atoms with van der Waals surface area (Å²) in [6.07, 6.45) is 0.953. The molecule has 2 aliphatic heterocycles. The Morgan fingerprint density at radius 1 is 1.08 bits per heavy atom. The molecule has 0 unspecified atom stereocenters. The molecule has 5 nitrogen and oxygen atoms in total. The van der Waals surface area contributed by atoms with Crippen molar-refractivity contribution in [3.63, 3.8) is 0 Å². The zero-order valence-corrected chi connectivity index (χ0v) is 14.6. The molecule has 0 radical (unpaired) electrons. The van der Waals surface area contributed by atoms with Crippen molar-refractivity contribution in [2.24, 2.45) is 0 Å². The van der Waals surface area contributed by atoms with E-state index in [9.17, 15) is 4.79 Å². The molecule has 1 N–H and O–H groups in total. The Bertz CT molecular complexity index is 788. The van der Waals surface area contributed by atoms with Gasteiger partial charge in [-0.3, -0.25) is 4.90 Å². The molecular weight excluding hydrogens is 338 g/mol. The number of amides is 2. The number of fused-ring (bicyclic) bond motifs is 2. The van der Waals surface area contributed by atoms with Gasteiger partial charge in [0.2, 0.25) is 0 Å². The Hall–Kier alpha value is -2.24. The third kappa shape index (κ3) is 3.30. The van der Waals surface area contributed by atoms with Crippen LogP contribution in [0.2, 0.25) is 5.02 Å². The van der Waals surface area contributed by atoms with E-state index in [1.165, 1.54) is 0 Å². The maximum absolute atomic E-state index is 13.3. The predicted molar refractivity (Wildman–Crippen MR) is 98.6 cm³/mol. The van der Waals surface area contributed by atoms with Gasteiger partial charge in [-0.1, -0.05) is 29.8 Å². The summed E-state index contributed by atoms with van der Waals surface area (Å²) < 4.78 is 6.07. The number of anilines is 1. The summed E-state index contributed by atoms with van der Waals surface area (Å²) in [5.41, 5.74) is 1.70. The topological polar surface area (TPSA) is 44.8 Å². The van der Waals surface area contributed by atoms with E-state index in [0.717, 1.165) is 37.4 Å². The van der Waals surface area contributed by atoms with Crippen molar-refractivity contribution in [3.05, 3.63) is 53.1 Å². The number of ether oxygens (including phenoxy) is 1. The number of carbonyl (C=O) groups is 1. The first-order valence-electron chi connectivity index (χ1n) is 8.55. The van der Waals surface area contributed by atoms with Gasteiger partial charge in [0.1, 0.15) is 5.75 Å². The van der Waals surface area contributed by atoms with E-state index in [1.807, 2.05) is 35.2 Å². The molecule has 2 aliphatic rings. The minimum Gasteiger partial charge on any atom is -0.455 e. The second kappa shape index (κ2) is 6.94. The quantitative estimate of drug-likeness (QED) is 0.778. The van der Waals surface area contributed by atoms with E-state index in [-0.39, 0.29) is 6.03 Å². The van der Waals surface area contributed by atoms with Crippen LogP contribution in [0.3, 0.4) is 0 Å². The lowest BCUT2D eigenvalue weighted by Gasteiger charge is -2.29. The number of nitrogens with zero attached hydrogens (tertiary/aromatic N) is 2. The molecule has 2 aromatic rings. The molecule has 2 heterocycles. The molecule has 25 heavy (non-hydrogen) atoms. The standard InChI is InChI=1S/C19H20ClN3O2/c20-15-6-7-18-16(12-15)23(13-14-4-1-2-5-17(14)25-18)19(24)22-10-3-8-21-9-11-22/h1-2,4-7,12,21H,3,8-11,13H2. The fourth-order valence-corrected chi connectivity index (χ4v) is 3.44. The van der Waals surface area contributed by atoms with Crippen LogP contribution < -0.4 is 15.0 Å². The highest BCUT2D eigenvalue weighted by molar-refractivity contribution is 6.31. The van der Waals surface area contributed by atoms with Gasteiger partial charge in [0.25, 0.3) is 0 Å². The maximum Gasteiger partial charge on any atom is 0.324 e. The van der Waals surface area contributed by atoms with E-state index in [4.69, 9.17) is 16.3 Å². The third-order valence-corrected chi connectivity index (χ3v) is 4.81. The fraction of sp³-hybridized carbons (Fsp3) is 0.316. The van der Waals surface area contributed by atoms with Gasteiger partial charge in [-0.25, -0.2) is 4.79 Å². The van der Waals surface area contributed by atoms with E-state index >= 15 is 0 Å². The normalized spacial score (nSPS) is 17.0. The van der Waals surface area contributed by atoms with Crippen LogP contribution in [-0.2, 0) is 6.54 Å². The minimum atomic E-state index is -0.00693. The number of para-hydroxylation sites is 1. The highest BCUT2D eigenvalue weighted by Gasteiger charge is 2.29. The summed E-state index contributed by atoms with van der Waals surface area (Å²) in [6.45, 7) is 3.67. The Morgan fingerprint density at radius 3 is 2.88 bits per heavy atom. The van der Waals surface area contributed by atoms with Gasteiger partial charge >= 0.3 is 6.03 Å². The highest BCUT2D eigenvalue weighted by Crippen LogP contribution is 2.40. The average molecular weight is 358 g/mol. The highest BCUT2D eigenvalue weighted by atomic mass is 35.5. The Balaban J connectivity index is 1.74. The Kier molecular flexibility index (Phi) is 4.51. The molecule has 6 heteroatoms. The van der Waals surface area contributed by atoms with Crippen molar-refractivity contribution in [1.82, 2.24) is 10.2 Å². The number of halogens is 1. The maximum atomic E-state index is 13.3. The lowest BCUT2D eigenvalue weighted by atomic mass is 10.2. The molecule has 4 rings (SSSR count). The number of hydrogen-bond acceptors (Lipinski definition) is 3. The molecule has 0 atom stereocenters. The van der Waals surface area contributed by atoms with Crippen molar-refractivity contribution >= 4 is 23.3 Å². The van der Waals surface area contributed by atoms with Crippen LogP contribution in [0.25, 0.3) is 0 Å². The SMILES string of the molecule is O=C(N1CCCNCC1)N1Cc2ccccc2Oc2ccc(Cl)cc21. The summed E-state index contributed by atoms with van der Waals surface area (Å²) in [5, 5.41) is 3.92. The summed E-state index contributed by atoms with van der Waals surface area (Å²) in [7, 11) is 0. The van der Waals surface area contributed by atoms with E-state index in [2.05, 4.69) is 5.32 Å². The fourth-order valence-electron chi connectivity index (χ4n) is 3.27. The van der Waals surface area contributed by atoms with Crippen LogP contribution in [0.1, 0.15) is 12.0 Å². The van der Waals surface area contributed by atoms with Gasteiger partial charge in [-0.2, -0.15) is 0 Å². The smallest absolute Gasteiger partial charge is 0.324 e. The second-order valence-electron chi connectivity index (χ2n) is 6.28. The number of rotatable bonds is 0. The van der Waals surface area contributed by atoms with Crippen molar-refractivity contribution in [1.29, 1.82) is 0 Å². The largest absolute Gasteiger partial charge is 0.455 e. The molecule has 130 valence electrons. The van der Waals surface area contributed by atoms with Crippen LogP contribution in [0.4, 0.5) is 10.5 Å². The van der Waals surface area contributed by atoms with Crippen LogP contribution in [0, 0.1) is 0 Å². The van der Waals surface area contributed by atoms with Gasteiger partial charge < -0.3 is 15.0 Å². The summed E-state index contributed by atoms with van der Waals surface area (Å²) in [6, 6.07) is 13.2. The molecule has 0 bridgehead atoms. The summed E-state index contributed by atoms with van der Waals surface area (Å²) in [4.78, 5) is 16.9. The Labute approximate surface area is 152 Å². The first kappa shape index (κ1) is 16.2. The van der Waals surface area contributed by atoms with Gasteiger partial charge in [-0.05, 0) is 37.2 Å². The Morgan fingerprint density at radius 2 is 1.96 bits per heavy atom. The lowest BCUT2D eigenvalue weighted by Crippen LogP contribution is -2.44. The minimum absolute atomic E-state index is 0.00693. The van der Waals surface area contributed by atoms with E-state index < -0.39 is 0 Å². The molecule has 2 aromatic carbocycles. The van der Waals surface area contributed by atoms with Crippen LogP contribution in [0.15, 0.2) is 42.5 Å². The van der Waals surface area contributed by atoms with Crippen LogP contribution in [0.5, 0.6) is 11.5 Å². The van der Waals surface area contributed by atoms with Crippen LogP contribution in [-0.4, -0.2) is 37.1 Å². The van der Waals surface area contributed by atoms with E-state index in [0.29, 0.717) is 29.5 Å². The molecular formula is C19H20ClN3O2. The average Bonchev–Trinajstić information content (AvgIpc) is 2.98. The van der Waals surface area contributed by atoms with Crippen molar-refractivity contribution < 1.29 is 9.53 Å². The van der Waals surface area contributed by atoms with Crippen molar-refractivity contribution in [2.45, 2.75) is 13.0 Å². The lowest BCUT2D eigenvalue weighted by molar-refractivity contribution is 0.207. The third-order valence-electron chi connectivity index (χ3n) is 4.57. The second-order valence-corrected chi connectivity index (χ2v) is 6.72. The number of benzene rings is 2. The molecule has 0 spiro atoms. The van der Waals surface area contributed by atoms with Crippen molar-refractivity contribution in [3.8, 4) is 11.5 Å². The molecule has 0 aromatic heterocycles. The van der Waals surface area contributed by atoms with Gasteiger partial charge in [-0.15, -0.1) is 0 Å². The zero-order chi connectivity index (χ0) is 17.2. The monoisotopic (exact) mass is 357 g/mol. The molecule has 0 saturated carbocycles. The summed E-state index contributed by atoms with van der Waals surface area (Å²) in [5.74, 6) is 1.43. The van der Waals surface area contributed by atoms with Gasteiger partial charge in [0, 0.05) is 30.2 Å².